The SMILES string of the molecule is COc1ccc(C(C)(C)[C@@H]2[C@@H](CC(=O)N3CCC[C@H]3CO)O[C@]3(C(=O)N(Cc4cccc(N5CCC5=O)c4)c4ccccc43)[C@H]2C)cc1. The van der Waals surface area contributed by atoms with Gasteiger partial charge in [-0.25, -0.2) is 0 Å². The number of methoxy groups -OCH3 is 1. The number of anilines is 2. The van der Waals surface area contributed by atoms with Crippen LogP contribution >= 0.6 is 0 Å². The minimum atomic E-state index is -1.29. The minimum Gasteiger partial charge on any atom is -0.497 e. The molecule has 3 aromatic rings. The fourth-order valence-electron chi connectivity index (χ4n) is 8.86. The molecule has 9 heteroatoms. The first-order valence-electron chi connectivity index (χ1n) is 17.1. The van der Waals surface area contributed by atoms with Gasteiger partial charge in [0, 0.05) is 42.6 Å². The zero-order chi connectivity index (χ0) is 33.8. The normalized spacial score (nSPS) is 26.7. The van der Waals surface area contributed by atoms with Crippen LogP contribution < -0.4 is 14.5 Å². The van der Waals surface area contributed by atoms with E-state index in [0.717, 1.165) is 46.7 Å². The van der Waals surface area contributed by atoms with Gasteiger partial charge in [-0.2, -0.15) is 0 Å². The fraction of sp³-hybridized carbons (Fsp3) is 0.462. The van der Waals surface area contributed by atoms with Gasteiger partial charge in [0.2, 0.25) is 11.8 Å². The molecule has 252 valence electrons. The molecule has 4 heterocycles. The molecule has 3 aromatic carbocycles. The lowest BCUT2D eigenvalue weighted by molar-refractivity contribution is -0.150. The summed E-state index contributed by atoms with van der Waals surface area (Å²) in [6.07, 6.45) is 1.76. The van der Waals surface area contributed by atoms with Crippen molar-refractivity contribution in [3.05, 3.63) is 89.5 Å². The highest BCUT2D eigenvalue weighted by atomic mass is 16.5. The van der Waals surface area contributed by atoms with Crippen LogP contribution in [0.4, 0.5) is 11.4 Å². The number of β-lactam (4-membered cyclic amide) rings is 1. The molecule has 3 fully saturated rings. The summed E-state index contributed by atoms with van der Waals surface area (Å²) in [7, 11) is 1.64. The maximum absolute atomic E-state index is 15.0. The van der Waals surface area contributed by atoms with E-state index in [1.165, 1.54) is 0 Å². The van der Waals surface area contributed by atoms with E-state index in [1.807, 2.05) is 65.6 Å². The third-order valence-corrected chi connectivity index (χ3v) is 11.4. The number of para-hydroxylation sites is 1. The highest BCUT2D eigenvalue weighted by molar-refractivity contribution is 6.07. The van der Waals surface area contributed by atoms with Gasteiger partial charge in [0.05, 0.1) is 44.5 Å². The van der Waals surface area contributed by atoms with Crippen LogP contribution in [0.2, 0.25) is 0 Å². The van der Waals surface area contributed by atoms with Crippen molar-refractivity contribution in [3.63, 3.8) is 0 Å². The first-order valence-corrected chi connectivity index (χ1v) is 17.1. The maximum atomic E-state index is 15.0. The third-order valence-electron chi connectivity index (χ3n) is 11.4. The number of ether oxygens (including phenoxy) is 2. The Balaban J connectivity index is 1.27. The fourth-order valence-corrected chi connectivity index (χ4v) is 8.86. The molecule has 0 unspecified atom stereocenters. The molecule has 3 amide bonds. The lowest BCUT2D eigenvalue weighted by Gasteiger charge is -2.39. The van der Waals surface area contributed by atoms with Gasteiger partial charge in [0.15, 0.2) is 5.60 Å². The number of rotatable bonds is 9. The van der Waals surface area contributed by atoms with Crippen LogP contribution in [0.15, 0.2) is 72.8 Å². The van der Waals surface area contributed by atoms with Crippen molar-refractivity contribution < 1.29 is 29.0 Å². The largest absolute Gasteiger partial charge is 0.497 e. The highest BCUT2D eigenvalue weighted by Crippen LogP contribution is 2.60. The molecule has 4 aliphatic heterocycles. The molecule has 0 radical (unpaired) electrons. The van der Waals surface area contributed by atoms with E-state index in [4.69, 9.17) is 9.47 Å². The number of carbonyl (C=O) groups is 3. The predicted molar refractivity (Wildman–Crippen MR) is 183 cm³/mol. The maximum Gasteiger partial charge on any atom is 0.264 e. The van der Waals surface area contributed by atoms with Gasteiger partial charge in [0.1, 0.15) is 5.75 Å². The number of benzene rings is 3. The monoisotopic (exact) mass is 651 g/mol. The number of carbonyl (C=O) groups excluding carboxylic acids is 3. The second-order valence-electron chi connectivity index (χ2n) is 14.3. The van der Waals surface area contributed by atoms with Gasteiger partial charge >= 0.3 is 0 Å². The molecule has 4 aliphatic rings. The average molecular weight is 652 g/mol. The van der Waals surface area contributed by atoms with Crippen molar-refractivity contribution in [1.82, 2.24) is 4.90 Å². The molecule has 0 aromatic heterocycles. The Bertz CT molecular complexity index is 1720. The van der Waals surface area contributed by atoms with Gasteiger partial charge in [-0.15, -0.1) is 0 Å². The molecule has 3 saturated heterocycles. The number of fused-ring (bicyclic) bond motifs is 2. The Kier molecular flexibility index (Phi) is 8.32. The molecular formula is C39H45N3O6. The van der Waals surface area contributed by atoms with Crippen molar-refractivity contribution in [3.8, 4) is 5.75 Å². The van der Waals surface area contributed by atoms with E-state index >= 15 is 4.79 Å². The quantitative estimate of drug-likeness (QED) is 0.321. The number of aliphatic hydroxyl groups excluding tert-OH is 1. The van der Waals surface area contributed by atoms with Crippen LogP contribution in [0.5, 0.6) is 5.75 Å². The van der Waals surface area contributed by atoms with Crippen molar-refractivity contribution in [2.75, 3.05) is 36.6 Å². The Morgan fingerprint density at radius 1 is 1.04 bits per heavy atom. The van der Waals surface area contributed by atoms with Crippen molar-refractivity contribution >= 4 is 29.1 Å². The standard InChI is InChI=1S/C39H45N3O6/c1-25-36(38(2,3)27-14-16-30(47-4)17-15-27)33(22-35(45)40-19-8-11-29(40)24-43)48-39(25)31-12-5-6-13-32(31)42(37(39)46)23-26-9-7-10-28(21-26)41-20-18-34(41)44/h5-7,9-10,12-17,21,25,29,33,36,43H,8,11,18-20,22-24H2,1-4H3/t25-,29-,33+,36-,39+/m0/s1. The summed E-state index contributed by atoms with van der Waals surface area (Å²) in [5, 5.41) is 10.00. The van der Waals surface area contributed by atoms with Crippen LogP contribution in [-0.4, -0.2) is 66.7 Å². The second-order valence-corrected chi connectivity index (χ2v) is 14.3. The summed E-state index contributed by atoms with van der Waals surface area (Å²) in [6, 6.07) is 23.5. The summed E-state index contributed by atoms with van der Waals surface area (Å²) in [6.45, 7) is 8.02. The molecule has 1 N–H and O–H groups in total. The number of hydrogen-bond donors (Lipinski definition) is 1. The second kappa shape index (κ2) is 12.3. The third kappa shape index (κ3) is 5.10. The minimum absolute atomic E-state index is 0.0516. The van der Waals surface area contributed by atoms with E-state index in [0.29, 0.717) is 26.1 Å². The lowest BCUT2D eigenvalue weighted by atomic mass is 9.63. The molecule has 5 atom stereocenters. The van der Waals surface area contributed by atoms with Gasteiger partial charge in [-0.3, -0.25) is 14.4 Å². The zero-order valence-electron chi connectivity index (χ0n) is 28.2. The van der Waals surface area contributed by atoms with Crippen LogP contribution in [0.3, 0.4) is 0 Å². The molecule has 1 spiro atoms. The first kappa shape index (κ1) is 32.3. The number of nitrogens with zero attached hydrogens (tertiary/aromatic N) is 3. The van der Waals surface area contributed by atoms with Crippen LogP contribution in [-0.2, 0) is 36.7 Å². The van der Waals surface area contributed by atoms with Crippen molar-refractivity contribution in [2.45, 2.75) is 76.2 Å². The summed E-state index contributed by atoms with van der Waals surface area (Å²) < 4.78 is 12.6. The Labute approximate surface area is 282 Å². The smallest absolute Gasteiger partial charge is 0.264 e. The molecular weight excluding hydrogens is 606 g/mol. The average Bonchev–Trinajstić information content (AvgIpc) is 3.75. The van der Waals surface area contributed by atoms with Crippen molar-refractivity contribution in [2.24, 2.45) is 11.8 Å². The topological polar surface area (TPSA) is 99.6 Å². The molecule has 0 bridgehead atoms. The number of likely N-dealkylation sites (tertiary alicyclic amines) is 1. The first-order chi connectivity index (χ1) is 23.1. The van der Waals surface area contributed by atoms with Gasteiger partial charge in [-0.1, -0.05) is 63.2 Å². The van der Waals surface area contributed by atoms with Gasteiger partial charge in [-0.05, 0) is 59.7 Å². The number of amides is 3. The molecule has 48 heavy (non-hydrogen) atoms. The molecule has 9 nitrogen and oxygen atoms in total. The van der Waals surface area contributed by atoms with Gasteiger partial charge in [0.25, 0.3) is 5.91 Å². The van der Waals surface area contributed by atoms with E-state index in [-0.39, 0.29) is 48.6 Å². The summed E-state index contributed by atoms with van der Waals surface area (Å²) in [4.78, 5) is 46.5. The lowest BCUT2D eigenvalue weighted by Crippen LogP contribution is -2.46. The number of aliphatic hydroxyl groups is 1. The van der Waals surface area contributed by atoms with E-state index < -0.39 is 17.1 Å². The van der Waals surface area contributed by atoms with E-state index in [2.05, 4.69) is 32.9 Å². The van der Waals surface area contributed by atoms with Crippen molar-refractivity contribution in [1.29, 1.82) is 0 Å². The number of hydrogen-bond acceptors (Lipinski definition) is 6. The predicted octanol–water partition coefficient (Wildman–Crippen LogP) is 5.18. The van der Waals surface area contributed by atoms with Crippen LogP contribution in [0, 0.1) is 11.8 Å². The molecule has 7 rings (SSSR count). The highest BCUT2D eigenvalue weighted by Gasteiger charge is 2.66. The van der Waals surface area contributed by atoms with Crippen LogP contribution in [0.1, 0.15) is 63.1 Å². The zero-order valence-corrected chi connectivity index (χ0v) is 28.2. The van der Waals surface area contributed by atoms with E-state index in [9.17, 15) is 14.7 Å². The summed E-state index contributed by atoms with van der Waals surface area (Å²) in [5.41, 5.74) is 2.67. The Hall–Kier alpha value is -4.21. The Morgan fingerprint density at radius 2 is 1.81 bits per heavy atom. The molecule has 0 aliphatic carbocycles. The molecule has 0 saturated carbocycles. The van der Waals surface area contributed by atoms with E-state index in [1.54, 1.807) is 16.9 Å². The van der Waals surface area contributed by atoms with Gasteiger partial charge < -0.3 is 29.3 Å². The summed E-state index contributed by atoms with van der Waals surface area (Å²) >= 11 is 0. The van der Waals surface area contributed by atoms with Crippen LogP contribution in [0.25, 0.3) is 0 Å². The summed E-state index contributed by atoms with van der Waals surface area (Å²) in [5.74, 6) is 0.180. The Morgan fingerprint density at radius 3 is 2.50 bits per heavy atom.